The Hall–Kier alpha value is -2.80. The standard InChI is InChI=1S/C18H22N6O/c1-13-16-8-15(12-22-18(16)24(2)23-13)10-20-7-5-17(25)21-11-14-4-3-6-19-9-14/h3-4,6,8-9,12,20H,5,7,10-11H2,1-2H3,(H,21,25). The summed E-state index contributed by atoms with van der Waals surface area (Å²) in [6, 6.07) is 5.90. The number of hydrogen-bond acceptors (Lipinski definition) is 5. The van der Waals surface area contributed by atoms with E-state index >= 15 is 0 Å². The van der Waals surface area contributed by atoms with Gasteiger partial charge < -0.3 is 10.6 Å². The van der Waals surface area contributed by atoms with Crippen molar-refractivity contribution in [1.82, 2.24) is 30.4 Å². The molecule has 0 saturated heterocycles. The van der Waals surface area contributed by atoms with Crippen molar-refractivity contribution >= 4 is 16.9 Å². The molecule has 0 atom stereocenters. The van der Waals surface area contributed by atoms with Gasteiger partial charge in [0.1, 0.15) is 0 Å². The maximum absolute atomic E-state index is 11.9. The summed E-state index contributed by atoms with van der Waals surface area (Å²) in [5, 5.41) is 11.6. The first-order valence-electron chi connectivity index (χ1n) is 8.28. The van der Waals surface area contributed by atoms with Gasteiger partial charge in [0.05, 0.1) is 5.69 Å². The first-order valence-corrected chi connectivity index (χ1v) is 8.28. The Bertz CT molecular complexity index is 859. The molecule has 25 heavy (non-hydrogen) atoms. The Balaban J connectivity index is 1.42. The van der Waals surface area contributed by atoms with Crippen molar-refractivity contribution in [3.8, 4) is 0 Å². The number of aromatic nitrogens is 4. The summed E-state index contributed by atoms with van der Waals surface area (Å²) in [5.74, 6) is 0.0213. The Morgan fingerprint density at radius 2 is 2.12 bits per heavy atom. The maximum Gasteiger partial charge on any atom is 0.221 e. The molecule has 3 aromatic rings. The fourth-order valence-corrected chi connectivity index (χ4v) is 2.67. The zero-order valence-electron chi connectivity index (χ0n) is 14.5. The fraction of sp³-hybridized carbons (Fsp3) is 0.333. The van der Waals surface area contributed by atoms with Crippen LogP contribution in [0.15, 0.2) is 36.8 Å². The van der Waals surface area contributed by atoms with Gasteiger partial charge in [-0.3, -0.25) is 14.5 Å². The normalized spacial score (nSPS) is 11.0. The number of fused-ring (bicyclic) bond motifs is 1. The van der Waals surface area contributed by atoms with Gasteiger partial charge in [-0.15, -0.1) is 0 Å². The molecular formula is C18H22N6O. The molecule has 0 spiro atoms. The Morgan fingerprint density at radius 1 is 1.24 bits per heavy atom. The monoisotopic (exact) mass is 338 g/mol. The molecule has 7 heteroatoms. The van der Waals surface area contributed by atoms with E-state index in [4.69, 9.17) is 0 Å². The van der Waals surface area contributed by atoms with E-state index in [1.54, 1.807) is 17.1 Å². The molecule has 3 heterocycles. The van der Waals surface area contributed by atoms with E-state index in [2.05, 4.69) is 31.8 Å². The van der Waals surface area contributed by atoms with E-state index in [1.165, 1.54) is 0 Å². The quantitative estimate of drug-likeness (QED) is 0.637. The predicted octanol–water partition coefficient (Wildman–Crippen LogP) is 1.47. The predicted molar refractivity (Wildman–Crippen MR) is 95.7 cm³/mol. The number of carbonyl (C=O) groups excluding carboxylic acids is 1. The van der Waals surface area contributed by atoms with E-state index in [-0.39, 0.29) is 5.91 Å². The molecule has 130 valence electrons. The highest BCUT2D eigenvalue weighted by Crippen LogP contribution is 2.16. The lowest BCUT2D eigenvalue weighted by molar-refractivity contribution is -0.121. The van der Waals surface area contributed by atoms with Crippen molar-refractivity contribution in [3.63, 3.8) is 0 Å². The summed E-state index contributed by atoms with van der Waals surface area (Å²) in [7, 11) is 1.89. The Morgan fingerprint density at radius 3 is 2.92 bits per heavy atom. The minimum atomic E-state index is 0.0213. The topological polar surface area (TPSA) is 84.7 Å². The second-order valence-electron chi connectivity index (χ2n) is 5.99. The average Bonchev–Trinajstić information content (AvgIpc) is 2.91. The van der Waals surface area contributed by atoms with Gasteiger partial charge in [0.15, 0.2) is 5.65 Å². The largest absolute Gasteiger partial charge is 0.352 e. The minimum Gasteiger partial charge on any atom is -0.352 e. The van der Waals surface area contributed by atoms with E-state index in [0.29, 0.717) is 26.1 Å². The van der Waals surface area contributed by atoms with Crippen molar-refractivity contribution < 1.29 is 4.79 Å². The summed E-state index contributed by atoms with van der Waals surface area (Å²) in [6.07, 6.45) is 5.75. The van der Waals surface area contributed by atoms with Crippen LogP contribution >= 0.6 is 0 Å². The molecule has 0 aliphatic rings. The van der Waals surface area contributed by atoms with Gasteiger partial charge in [-0.05, 0) is 30.2 Å². The lowest BCUT2D eigenvalue weighted by Crippen LogP contribution is -2.27. The molecule has 3 rings (SSSR count). The van der Waals surface area contributed by atoms with Crippen molar-refractivity contribution in [1.29, 1.82) is 0 Å². The minimum absolute atomic E-state index is 0.0213. The van der Waals surface area contributed by atoms with E-state index in [0.717, 1.165) is 27.9 Å². The van der Waals surface area contributed by atoms with Crippen LogP contribution in [0.5, 0.6) is 0 Å². The number of amides is 1. The zero-order valence-corrected chi connectivity index (χ0v) is 14.5. The van der Waals surface area contributed by atoms with Crippen LogP contribution in [0.25, 0.3) is 11.0 Å². The molecule has 1 amide bonds. The van der Waals surface area contributed by atoms with Crippen molar-refractivity contribution in [3.05, 3.63) is 53.6 Å². The molecule has 0 saturated carbocycles. The van der Waals surface area contributed by atoms with Gasteiger partial charge in [-0.25, -0.2) is 4.98 Å². The number of rotatable bonds is 7. The van der Waals surface area contributed by atoms with Gasteiger partial charge in [-0.1, -0.05) is 6.07 Å². The number of nitrogens with one attached hydrogen (secondary N) is 2. The molecule has 0 aliphatic heterocycles. The van der Waals surface area contributed by atoms with Gasteiger partial charge >= 0.3 is 0 Å². The van der Waals surface area contributed by atoms with Crippen LogP contribution in [-0.2, 0) is 24.9 Å². The number of nitrogens with zero attached hydrogens (tertiary/aromatic N) is 4. The van der Waals surface area contributed by atoms with E-state index in [1.807, 2.05) is 32.3 Å². The highest BCUT2D eigenvalue weighted by Gasteiger charge is 2.07. The molecular weight excluding hydrogens is 316 g/mol. The van der Waals surface area contributed by atoms with Crippen LogP contribution in [0.3, 0.4) is 0 Å². The van der Waals surface area contributed by atoms with Gasteiger partial charge in [0, 0.05) is 57.1 Å². The maximum atomic E-state index is 11.9. The van der Waals surface area contributed by atoms with Crippen LogP contribution in [0.4, 0.5) is 0 Å². The summed E-state index contributed by atoms with van der Waals surface area (Å²) >= 11 is 0. The van der Waals surface area contributed by atoms with Crippen molar-refractivity contribution in [2.24, 2.45) is 7.05 Å². The van der Waals surface area contributed by atoms with E-state index in [9.17, 15) is 4.79 Å². The van der Waals surface area contributed by atoms with Gasteiger partial charge in [0.25, 0.3) is 0 Å². The Labute approximate surface area is 146 Å². The summed E-state index contributed by atoms with van der Waals surface area (Å²) in [6.45, 7) is 3.78. The first-order chi connectivity index (χ1) is 12.1. The van der Waals surface area contributed by atoms with Crippen molar-refractivity contribution in [2.45, 2.75) is 26.4 Å². The molecule has 7 nitrogen and oxygen atoms in total. The molecule has 3 aromatic heterocycles. The fourth-order valence-electron chi connectivity index (χ4n) is 2.67. The molecule has 0 radical (unpaired) electrons. The SMILES string of the molecule is Cc1nn(C)c2ncc(CNCCC(=O)NCc3cccnc3)cc12. The van der Waals surface area contributed by atoms with Crippen LogP contribution < -0.4 is 10.6 Å². The highest BCUT2D eigenvalue weighted by molar-refractivity contribution is 5.78. The third kappa shape index (κ3) is 4.39. The molecule has 0 unspecified atom stereocenters. The van der Waals surface area contributed by atoms with Crippen LogP contribution in [-0.4, -0.2) is 32.2 Å². The van der Waals surface area contributed by atoms with Crippen molar-refractivity contribution in [2.75, 3.05) is 6.54 Å². The molecule has 2 N–H and O–H groups in total. The summed E-state index contributed by atoms with van der Waals surface area (Å²) in [4.78, 5) is 20.3. The number of carbonyl (C=O) groups is 1. The second-order valence-corrected chi connectivity index (χ2v) is 5.99. The Kier molecular flexibility index (Phi) is 5.35. The average molecular weight is 338 g/mol. The van der Waals surface area contributed by atoms with Crippen LogP contribution in [0.1, 0.15) is 23.2 Å². The number of aryl methyl sites for hydroxylation is 2. The van der Waals surface area contributed by atoms with Gasteiger partial charge in [0.2, 0.25) is 5.91 Å². The van der Waals surface area contributed by atoms with Crippen LogP contribution in [0.2, 0.25) is 0 Å². The third-order valence-corrected chi connectivity index (χ3v) is 3.99. The number of pyridine rings is 2. The van der Waals surface area contributed by atoms with E-state index < -0.39 is 0 Å². The molecule has 0 aliphatic carbocycles. The number of hydrogen-bond donors (Lipinski definition) is 2. The summed E-state index contributed by atoms with van der Waals surface area (Å²) < 4.78 is 1.79. The second kappa shape index (κ2) is 7.85. The molecule has 0 fully saturated rings. The third-order valence-electron chi connectivity index (χ3n) is 3.99. The highest BCUT2D eigenvalue weighted by atomic mass is 16.1. The lowest BCUT2D eigenvalue weighted by atomic mass is 10.2. The summed E-state index contributed by atoms with van der Waals surface area (Å²) in [5.41, 5.74) is 3.94. The molecule has 0 bridgehead atoms. The lowest BCUT2D eigenvalue weighted by Gasteiger charge is -2.07. The smallest absolute Gasteiger partial charge is 0.221 e. The van der Waals surface area contributed by atoms with Crippen LogP contribution in [0, 0.1) is 6.92 Å². The first kappa shape index (κ1) is 17.0. The zero-order chi connectivity index (χ0) is 17.6. The molecule has 0 aromatic carbocycles. The van der Waals surface area contributed by atoms with Gasteiger partial charge in [-0.2, -0.15) is 5.10 Å².